The second-order valence-electron chi connectivity index (χ2n) is 5.46. The molecule has 0 bridgehead atoms. The Morgan fingerprint density at radius 2 is 1.96 bits per heavy atom. The Hall–Kier alpha value is -2.16. The topological polar surface area (TPSA) is 102 Å². The van der Waals surface area contributed by atoms with Gasteiger partial charge in [0.2, 0.25) is 0 Å². The number of esters is 2. The first kappa shape index (κ1) is 21.9. The summed E-state index contributed by atoms with van der Waals surface area (Å²) < 4.78 is 9.93. The first-order chi connectivity index (χ1) is 12.4. The Labute approximate surface area is 158 Å². The lowest BCUT2D eigenvalue weighted by Crippen LogP contribution is -2.39. The van der Waals surface area contributed by atoms with Crippen molar-refractivity contribution < 1.29 is 19.1 Å². The minimum Gasteiger partial charge on any atom is -0.466 e. The molecular weight excluding hydrogens is 356 g/mol. The van der Waals surface area contributed by atoms with Gasteiger partial charge in [0.1, 0.15) is 9.88 Å². The van der Waals surface area contributed by atoms with Gasteiger partial charge in [-0.1, -0.05) is 0 Å². The molecule has 0 aromatic carbocycles. The summed E-state index contributed by atoms with van der Waals surface area (Å²) in [6.45, 7) is 8.62. The van der Waals surface area contributed by atoms with E-state index in [0.29, 0.717) is 49.1 Å². The average Bonchev–Trinajstić information content (AvgIpc) is 3.00. The van der Waals surface area contributed by atoms with Gasteiger partial charge in [-0.3, -0.25) is 9.79 Å². The van der Waals surface area contributed by atoms with Crippen molar-refractivity contribution >= 4 is 29.2 Å². The number of thiazole rings is 1. The fraction of sp³-hybridized carbons (Fsp3) is 0.647. The smallest absolute Gasteiger partial charge is 0.350 e. The summed E-state index contributed by atoms with van der Waals surface area (Å²) in [6.07, 6.45) is 1.01. The molecule has 0 amide bonds. The molecule has 1 aromatic heterocycles. The van der Waals surface area contributed by atoms with Crippen LogP contribution in [0.4, 0.5) is 0 Å². The van der Waals surface area contributed by atoms with Gasteiger partial charge in [-0.05, 0) is 34.1 Å². The van der Waals surface area contributed by atoms with E-state index in [4.69, 9.17) is 9.47 Å². The van der Waals surface area contributed by atoms with Crippen molar-refractivity contribution in [3.63, 3.8) is 0 Å². The molecule has 26 heavy (non-hydrogen) atoms. The van der Waals surface area contributed by atoms with Crippen molar-refractivity contribution in [2.75, 3.05) is 26.8 Å². The van der Waals surface area contributed by atoms with Crippen molar-refractivity contribution in [2.24, 2.45) is 4.99 Å². The van der Waals surface area contributed by atoms with E-state index in [1.54, 1.807) is 27.8 Å². The van der Waals surface area contributed by atoms with Gasteiger partial charge < -0.3 is 20.1 Å². The molecule has 0 saturated carbocycles. The van der Waals surface area contributed by atoms with Gasteiger partial charge in [0.05, 0.1) is 24.9 Å². The van der Waals surface area contributed by atoms with Crippen molar-refractivity contribution in [1.29, 1.82) is 0 Å². The van der Waals surface area contributed by atoms with Gasteiger partial charge in [-0.25, -0.2) is 9.78 Å². The summed E-state index contributed by atoms with van der Waals surface area (Å²) in [5.74, 6) is 0.0599. The highest BCUT2D eigenvalue weighted by atomic mass is 32.1. The summed E-state index contributed by atoms with van der Waals surface area (Å²) in [5, 5.41) is 7.15. The molecule has 1 heterocycles. The SMILES string of the molecule is CCOC(=O)CCCNC(=NC)NC(C)c1nc(C)c(C(=O)OCC)s1. The molecule has 146 valence electrons. The molecule has 1 rings (SSSR count). The normalized spacial score (nSPS) is 12.4. The Balaban J connectivity index is 2.54. The van der Waals surface area contributed by atoms with Gasteiger partial charge in [-0.2, -0.15) is 0 Å². The maximum Gasteiger partial charge on any atom is 0.350 e. The third kappa shape index (κ3) is 6.99. The summed E-state index contributed by atoms with van der Waals surface area (Å²) in [7, 11) is 1.67. The summed E-state index contributed by atoms with van der Waals surface area (Å²) in [4.78, 5) is 32.4. The highest BCUT2D eigenvalue weighted by molar-refractivity contribution is 7.13. The number of ether oxygens (including phenoxy) is 2. The first-order valence-electron chi connectivity index (χ1n) is 8.70. The van der Waals surface area contributed by atoms with Gasteiger partial charge >= 0.3 is 11.9 Å². The van der Waals surface area contributed by atoms with E-state index < -0.39 is 0 Å². The van der Waals surface area contributed by atoms with E-state index in [1.165, 1.54) is 11.3 Å². The number of aryl methyl sites for hydroxylation is 1. The third-order valence-corrected chi connectivity index (χ3v) is 4.70. The van der Waals surface area contributed by atoms with Crippen LogP contribution in [0, 0.1) is 6.92 Å². The summed E-state index contributed by atoms with van der Waals surface area (Å²) >= 11 is 1.31. The largest absolute Gasteiger partial charge is 0.466 e. The van der Waals surface area contributed by atoms with E-state index in [0.717, 1.165) is 5.01 Å². The number of guanidine groups is 1. The molecule has 0 aliphatic rings. The molecule has 0 spiro atoms. The monoisotopic (exact) mass is 384 g/mol. The zero-order valence-electron chi connectivity index (χ0n) is 16.0. The van der Waals surface area contributed by atoms with E-state index in [2.05, 4.69) is 20.6 Å². The number of carbonyl (C=O) groups is 2. The van der Waals surface area contributed by atoms with Gasteiger partial charge in [-0.15, -0.1) is 11.3 Å². The van der Waals surface area contributed by atoms with Crippen LogP contribution >= 0.6 is 11.3 Å². The zero-order valence-corrected chi connectivity index (χ0v) is 16.9. The van der Waals surface area contributed by atoms with Gasteiger partial charge in [0.15, 0.2) is 5.96 Å². The van der Waals surface area contributed by atoms with Crippen LogP contribution in [-0.2, 0) is 14.3 Å². The molecule has 1 unspecified atom stereocenters. The Kier molecular flexibility index (Phi) is 9.64. The van der Waals surface area contributed by atoms with Crippen LogP contribution in [0.25, 0.3) is 0 Å². The fourth-order valence-electron chi connectivity index (χ4n) is 2.12. The highest BCUT2D eigenvalue weighted by Gasteiger charge is 2.20. The molecule has 9 heteroatoms. The quantitative estimate of drug-likeness (QED) is 0.291. The molecule has 2 N–H and O–H groups in total. The molecular formula is C17H28N4O4S. The number of nitrogens with one attached hydrogen (secondary N) is 2. The number of aromatic nitrogens is 1. The van der Waals surface area contributed by atoms with Crippen LogP contribution in [0.15, 0.2) is 4.99 Å². The lowest BCUT2D eigenvalue weighted by atomic mass is 10.3. The zero-order chi connectivity index (χ0) is 19.5. The molecule has 0 radical (unpaired) electrons. The molecule has 1 atom stereocenters. The van der Waals surface area contributed by atoms with Gasteiger partial charge in [0, 0.05) is 20.0 Å². The van der Waals surface area contributed by atoms with Gasteiger partial charge in [0.25, 0.3) is 0 Å². The Morgan fingerprint density at radius 3 is 2.58 bits per heavy atom. The van der Waals surface area contributed by atoms with Crippen LogP contribution in [0.2, 0.25) is 0 Å². The molecule has 0 fully saturated rings. The minimum absolute atomic E-state index is 0.127. The number of hydrogen-bond acceptors (Lipinski definition) is 7. The Bertz CT molecular complexity index is 630. The molecule has 1 aromatic rings. The standard InChI is InChI=1S/C17H28N4O4S/c1-6-24-13(22)9-8-10-19-17(18-5)21-12(4)15-20-11(3)14(26-15)16(23)25-7-2/h12H,6-10H2,1-5H3,(H2,18,19,21). The van der Waals surface area contributed by atoms with Crippen molar-refractivity contribution in [2.45, 2.75) is 46.6 Å². The number of aliphatic imine (C=N–C) groups is 1. The van der Waals surface area contributed by atoms with Crippen molar-refractivity contribution in [1.82, 2.24) is 15.6 Å². The molecule has 0 aliphatic heterocycles. The van der Waals surface area contributed by atoms with Crippen LogP contribution < -0.4 is 10.6 Å². The van der Waals surface area contributed by atoms with Crippen LogP contribution in [0.3, 0.4) is 0 Å². The minimum atomic E-state index is -0.345. The molecule has 0 aliphatic carbocycles. The number of carbonyl (C=O) groups excluding carboxylic acids is 2. The second kappa shape index (κ2) is 11.5. The highest BCUT2D eigenvalue weighted by Crippen LogP contribution is 2.24. The third-order valence-electron chi connectivity index (χ3n) is 3.38. The van der Waals surface area contributed by atoms with Crippen molar-refractivity contribution in [3.8, 4) is 0 Å². The van der Waals surface area contributed by atoms with Crippen LogP contribution in [0.5, 0.6) is 0 Å². The van der Waals surface area contributed by atoms with E-state index in [1.807, 2.05) is 6.92 Å². The van der Waals surface area contributed by atoms with Crippen LogP contribution in [-0.4, -0.2) is 49.7 Å². The Morgan fingerprint density at radius 1 is 1.27 bits per heavy atom. The maximum atomic E-state index is 11.9. The lowest BCUT2D eigenvalue weighted by Gasteiger charge is -2.16. The van der Waals surface area contributed by atoms with E-state index in [-0.39, 0.29) is 18.0 Å². The predicted molar refractivity (Wildman–Crippen MR) is 102 cm³/mol. The fourth-order valence-corrected chi connectivity index (χ4v) is 3.09. The van der Waals surface area contributed by atoms with Crippen molar-refractivity contribution in [3.05, 3.63) is 15.6 Å². The van der Waals surface area contributed by atoms with E-state index in [9.17, 15) is 9.59 Å². The number of rotatable bonds is 9. The van der Waals surface area contributed by atoms with Crippen LogP contribution in [0.1, 0.15) is 60.0 Å². The average molecular weight is 385 g/mol. The molecule has 0 saturated heterocycles. The summed E-state index contributed by atoms with van der Waals surface area (Å²) in [6, 6.07) is -0.127. The summed E-state index contributed by atoms with van der Waals surface area (Å²) in [5.41, 5.74) is 0.662. The number of hydrogen-bond donors (Lipinski definition) is 2. The first-order valence-corrected chi connectivity index (χ1v) is 9.51. The lowest BCUT2D eigenvalue weighted by molar-refractivity contribution is -0.143. The second-order valence-corrected chi connectivity index (χ2v) is 6.49. The van der Waals surface area contributed by atoms with E-state index >= 15 is 0 Å². The number of nitrogens with zero attached hydrogens (tertiary/aromatic N) is 2. The molecule has 8 nitrogen and oxygen atoms in total. The predicted octanol–water partition coefficient (Wildman–Crippen LogP) is 2.20. The maximum absolute atomic E-state index is 11.9.